The van der Waals surface area contributed by atoms with Crippen LogP contribution in [0.4, 0.5) is 11.4 Å². The Kier molecular flexibility index (Phi) is 6.29. The Morgan fingerprint density at radius 1 is 0.870 bits per heavy atom. The molecule has 5 nitrogen and oxygen atoms in total. The van der Waals surface area contributed by atoms with Crippen molar-refractivity contribution in [3.8, 4) is 5.75 Å². The average Bonchev–Trinajstić information content (AvgIpc) is 2.56. The van der Waals surface area contributed by atoms with Crippen LogP contribution in [0, 0.1) is 0 Å². The van der Waals surface area contributed by atoms with E-state index in [4.69, 9.17) is 16.2 Å². The smallest absolute Gasteiger partial charge is 0.251 e. The van der Waals surface area contributed by atoms with Crippen molar-refractivity contribution in [3.63, 3.8) is 0 Å². The second-order valence-electron chi connectivity index (χ2n) is 5.36. The van der Waals surface area contributed by atoms with E-state index in [-0.39, 0.29) is 5.91 Å². The topological polar surface area (TPSA) is 90.4 Å². The molecular weight excluding hydrogens is 290 g/mol. The molecule has 0 atom stereocenters. The van der Waals surface area contributed by atoms with Crippen LogP contribution in [0.25, 0.3) is 0 Å². The van der Waals surface area contributed by atoms with Crippen LogP contribution in [0.5, 0.6) is 5.75 Å². The molecule has 5 heteroatoms. The normalized spacial score (nSPS) is 10.3. The van der Waals surface area contributed by atoms with E-state index in [1.165, 1.54) is 0 Å². The summed E-state index contributed by atoms with van der Waals surface area (Å²) in [5.41, 5.74) is 13.2. The highest BCUT2D eigenvalue weighted by Crippen LogP contribution is 2.13. The monoisotopic (exact) mass is 313 g/mol. The largest absolute Gasteiger partial charge is 0.494 e. The minimum absolute atomic E-state index is 0.0666. The fourth-order valence-electron chi connectivity index (χ4n) is 2.10. The Hall–Kier alpha value is -2.69. The van der Waals surface area contributed by atoms with E-state index in [0.29, 0.717) is 24.4 Å². The first-order valence-corrected chi connectivity index (χ1v) is 7.77. The predicted molar refractivity (Wildman–Crippen MR) is 93.4 cm³/mol. The number of benzene rings is 2. The number of anilines is 2. The van der Waals surface area contributed by atoms with Gasteiger partial charge in [-0.1, -0.05) is 0 Å². The lowest BCUT2D eigenvalue weighted by Gasteiger charge is -2.07. The molecule has 122 valence electrons. The van der Waals surface area contributed by atoms with Crippen molar-refractivity contribution in [1.82, 2.24) is 5.32 Å². The van der Waals surface area contributed by atoms with E-state index in [2.05, 4.69) is 5.32 Å². The maximum absolute atomic E-state index is 11.9. The Labute approximate surface area is 136 Å². The van der Waals surface area contributed by atoms with Crippen LogP contribution in [0.15, 0.2) is 48.5 Å². The van der Waals surface area contributed by atoms with E-state index in [1.54, 1.807) is 24.3 Å². The Bertz CT molecular complexity index is 609. The van der Waals surface area contributed by atoms with Crippen LogP contribution >= 0.6 is 0 Å². The van der Waals surface area contributed by atoms with E-state index < -0.39 is 0 Å². The minimum Gasteiger partial charge on any atom is -0.494 e. The van der Waals surface area contributed by atoms with Crippen LogP contribution in [0.2, 0.25) is 0 Å². The third-order valence-corrected chi connectivity index (χ3v) is 3.43. The van der Waals surface area contributed by atoms with E-state index >= 15 is 0 Å². The summed E-state index contributed by atoms with van der Waals surface area (Å²) in [5.74, 6) is 0.763. The minimum atomic E-state index is -0.0666. The lowest BCUT2D eigenvalue weighted by atomic mass is 10.2. The Morgan fingerprint density at radius 3 is 2.13 bits per heavy atom. The number of amides is 1. The summed E-state index contributed by atoms with van der Waals surface area (Å²) in [6.45, 7) is 1.32. The van der Waals surface area contributed by atoms with Crippen LogP contribution in [-0.2, 0) is 0 Å². The summed E-state index contributed by atoms with van der Waals surface area (Å²) in [7, 11) is 0. The van der Waals surface area contributed by atoms with Crippen LogP contribution < -0.4 is 21.5 Å². The third-order valence-electron chi connectivity index (χ3n) is 3.43. The zero-order chi connectivity index (χ0) is 16.5. The van der Waals surface area contributed by atoms with Gasteiger partial charge in [-0.3, -0.25) is 4.79 Å². The molecule has 0 radical (unpaired) electrons. The first-order chi connectivity index (χ1) is 11.1. The number of nitrogens with one attached hydrogen (secondary N) is 1. The molecule has 0 saturated heterocycles. The highest BCUT2D eigenvalue weighted by molar-refractivity contribution is 5.94. The van der Waals surface area contributed by atoms with E-state index in [9.17, 15) is 4.79 Å². The standard InChI is InChI=1S/C18H23N3O2/c19-15-6-4-14(5-7-15)18(22)21-12-2-1-3-13-23-17-10-8-16(20)9-11-17/h4-11H,1-3,12-13,19-20H2,(H,21,22). The van der Waals surface area contributed by atoms with Gasteiger partial charge in [0.25, 0.3) is 5.91 Å². The summed E-state index contributed by atoms with van der Waals surface area (Å²) in [6, 6.07) is 14.3. The van der Waals surface area contributed by atoms with Gasteiger partial charge in [-0.2, -0.15) is 0 Å². The molecule has 0 saturated carbocycles. The van der Waals surface area contributed by atoms with Crippen molar-refractivity contribution < 1.29 is 9.53 Å². The van der Waals surface area contributed by atoms with Gasteiger partial charge >= 0.3 is 0 Å². The van der Waals surface area contributed by atoms with Gasteiger partial charge in [0.1, 0.15) is 5.75 Å². The van der Waals surface area contributed by atoms with Crippen molar-refractivity contribution in [2.75, 3.05) is 24.6 Å². The van der Waals surface area contributed by atoms with Crippen molar-refractivity contribution in [3.05, 3.63) is 54.1 Å². The SMILES string of the molecule is Nc1ccc(OCCCCCNC(=O)c2ccc(N)cc2)cc1. The molecule has 0 aromatic heterocycles. The van der Waals surface area contributed by atoms with Crippen molar-refractivity contribution in [2.24, 2.45) is 0 Å². The molecule has 1 amide bonds. The maximum Gasteiger partial charge on any atom is 0.251 e. The molecule has 0 fully saturated rings. The molecule has 5 N–H and O–H groups in total. The zero-order valence-corrected chi connectivity index (χ0v) is 13.1. The number of ether oxygens (including phenoxy) is 1. The van der Waals surface area contributed by atoms with Gasteiger partial charge in [0, 0.05) is 23.5 Å². The summed E-state index contributed by atoms with van der Waals surface area (Å²) >= 11 is 0. The molecule has 0 aliphatic rings. The third kappa shape index (κ3) is 5.90. The van der Waals surface area contributed by atoms with Gasteiger partial charge in [-0.15, -0.1) is 0 Å². The van der Waals surface area contributed by atoms with Crippen LogP contribution in [0.1, 0.15) is 29.6 Å². The summed E-state index contributed by atoms with van der Waals surface area (Å²) in [4.78, 5) is 11.9. The van der Waals surface area contributed by atoms with Gasteiger partial charge in [0.15, 0.2) is 0 Å². The number of carbonyl (C=O) groups excluding carboxylic acids is 1. The summed E-state index contributed by atoms with van der Waals surface area (Å²) < 4.78 is 5.61. The molecular formula is C18H23N3O2. The highest BCUT2D eigenvalue weighted by Gasteiger charge is 2.03. The lowest BCUT2D eigenvalue weighted by Crippen LogP contribution is -2.24. The number of hydrogen-bond acceptors (Lipinski definition) is 4. The number of hydrogen-bond donors (Lipinski definition) is 3. The second kappa shape index (κ2) is 8.68. The van der Waals surface area contributed by atoms with Gasteiger partial charge in [0.05, 0.1) is 6.61 Å². The van der Waals surface area contributed by atoms with Gasteiger partial charge in [-0.05, 0) is 67.8 Å². The first kappa shape index (κ1) is 16.7. The summed E-state index contributed by atoms with van der Waals surface area (Å²) in [6.07, 6.45) is 2.87. The zero-order valence-electron chi connectivity index (χ0n) is 13.1. The van der Waals surface area contributed by atoms with Crippen LogP contribution in [0.3, 0.4) is 0 Å². The van der Waals surface area contributed by atoms with Gasteiger partial charge in [0.2, 0.25) is 0 Å². The first-order valence-electron chi connectivity index (χ1n) is 7.77. The molecule has 23 heavy (non-hydrogen) atoms. The fraction of sp³-hybridized carbons (Fsp3) is 0.278. The molecule has 2 aromatic rings. The quantitative estimate of drug-likeness (QED) is 0.516. The van der Waals surface area contributed by atoms with Crippen molar-refractivity contribution >= 4 is 17.3 Å². The number of nitrogens with two attached hydrogens (primary N) is 2. The average molecular weight is 313 g/mol. The molecule has 0 heterocycles. The maximum atomic E-state index is 11.9. The summed E-state index contributed by atoms with van der Waals surface area (Å²) in [5, 5.41) is 2.90. The second-order valence-corrected chi connectivity index (χ2v) is 5.36. The van der Waals surface area contributed by atoms with Crippen molar-refractivity contribution in [2.45, 2.75) is 19.3 Å². The highest BCUT2D eigenvalue weighted by atomic mass is 16.5. The molecule has 0 bridgehead atoms. The van der Waals surface area contributed by atoms with Gasteiger partial charge in [-0.25, -0.2) is 0 Å². The molecule has 0 unspecified atom stereocenters. The molecule has 0 spiro atoms. The van der Waals surface area contributed by atoms with Crippen molar-refractivity contribution in [1.29, 1.82) is 0 Å². The molecule has 2 rings (SSSR count). The van der Waals surface area contributed by atoms with Gasteiger partial charge < -0.3 is 21.5 Å². The number of unbranched alkanes of at least 4 members (excludes halogenated alkanes) is 2. The number of nitrogen functional groups attached to an aromatic ring is 2. The molecule has 0 aliphatic heterocycles. The Balaban J connectivity index is 1.54. The predicted octanol–water partition coefficient (Wildman–Crippen LogP) is 2.83. The Morgan fingerprint density at radius 2 is 1.48 bits per heavy atom. The lowest BCUT2D eigenvalue weighted by molar-refractivity contribution is 0.0953. The van der Waals surface area contributed by atoms with E-state index in [1.807, 2.05) is 24.3 Å². The number of carbonyl (C=O) groups is 1. The number of rotatable bonds is 8. The molecule has 2 aromatic carbocycles. The molecule has 0 aliphatic carbocycles. The van der Waals surface area contributed by atoms with Crippen LogP contribution in [-0.4, -0.2) is 19.1 Å². The fourth-order valence-corrected chi connectivity index (χ4v) is 2.10. The van der Waals surface area contributed by atoms with E-state index in [0.717, 1.165) is 30.7 Å².